The lowest BCUT2D eigenvalue weighted by Crippen LogP contribution is -2.30. The van der Waals surface area contributed by atoms with Crippen molar-refractivity contribution in [3.05, 3.63) is 18.2 Å². The number of aliphatic hydroxyl groups is 2. The van der Waals surface area contributed by atoms with Crippen LogP contribution < -0.4 is 10.2 Å². The zero-order valence-corrected chi connectivity index (χ0v) is 8.85. The number of aliphatic hydroxyl groups excluding tert-OH is 2. The van der Waals surface area contributed by atoms with Crippen molar-refractivity contribution in [2.45, 2.75) is 0 Å². The van der Waals surface area contributed by atoms with E-state index in [1.807, 2.05) is 23.1 Å². The highest BCUT2D eigenvalue weighted by atomic mass is 16.3. The molecule has 0 aliphatic carbocycles. The van der Waals surface area contributed by atoms with Crippen LogP contribution in [0, 0.1) is 0 Å². The topological polar surface area (TPSA) is 68.6 Å². The number of hydrogen-bond acceptors (Lipinski definition) is 5. The van der Waals surface area contributed by atoms with Crippen molar-refractivity contribution >= 4 is 11.6 Å². The first-order chi connectivity index (χ1) is 7.31. The molecule has 1 rings (SSSR count). The quantitative estimate of drug-likeness (QED) is 0.614. The van der Waals surface area contributed by atoms with E-state index in [9.17, 15) is 0 Å². The molecule has 84 valence electrons. The molecule has 0 fully saturated rings. The van der Waals surface area contributed by atoms with E-state index in [0.29, 0.717) is 13.1 Å². The molecule has 0 spiro atoms. The number of hydrogen-bond donors (Lipinski definition) is 3. The van der Waals surface area contributed by atoms with Gasteiger partial charge in [-0.15, -0.1) is 0 Å². The van der Waals surface area contributed by atoms with Gasteiger partial charge in [0.15, 0.2) is 0 Å². The molecule has 0 atom stereocenters. The van der Waals surface area contributed by atoms with Crippen molar-refractivity contribution < 1.29 is 10.2 Å². The Morgan fingerprint density at radius 1 is 1.27 bits per heavy atom. The van der Waals surface area contributed by atoms with Gasteiger partial charge in [0, 0.05) is 20.1 Å². The highest BCUT2D eigenvalue weighted by Crippen LogP contribution is 2.13. The van der Waals surface area contributed by atoms with Gasteiger partial charge in [0.05, 0.1) is 13.2 Å². The average molecular weight is 211 g/mol. The zero-order valence-electron chi connectivity index (χ0n) is 8.85. The van der Waals surface area contributed by atoms with E-state index in [1.54, 1.807) is 7.05 Å². The molecule has 1 aromatic heterocycles. The monoisotopic (exact) mass is 211 g/mol. The third-order valence-corrected chi connectivity index (χ3v) is 2.05. The second-order valence-corrected chi connectivity index (χ2v) is 3.07. The normalized spacial score (nSPS) is 10.1. The van der Waals surface area contributed by atoms with Gasteiger partial charge < -0.3 is 20.4 Å². The Morgan fingerprint density at radius 3 is 2.47 bits per heavy atom. The van der Waals surface area contributed by atoms with Crippen LogP contribution >= 0.6 is 0 Å². The summed E-state index contributed by atoms with van der Waals surface area (Å²) in [4.78, 5) is 6.16. The summed E-state index contributed by atoms with van der Waals surface area (Å²) in [5, 5.41) is 20.7. The fourth-order valence-electron chi connectivity index (χ4n) is 1.32. The van der Waals surface area contributed by atoms with Crippen molar-refractivity contribution in [1.82, 2.24) is 4.98 Å². The first-order valence-electron chi connectivity index (χ1n) is 4.93. The van der Waals surface area contributed by atoms with Gasteiger partial charge in [0.2, 0.25) is 0 Å². The number of rotatable bonds is 6. The molecule has 0 aliphatic heterocycles. The lowest BCUT2D eigenvalue weighted by molar-refractivity contribution is 0.280. The molecule has 3 N–H and O–H groups in total. The summed E-state index contributed by atoms with van der Waals surface area (Å²) in [7, 11) is 1.80. The van der Waals surface area contributed by atoms with Crippen LogP contribution in [0.5, 0.6) is 0 Å². The van der Waals surface area contributed by atoms with Gasteiger partial charge in [0.25, 0.3) is 0 Å². The van der Waals surface area contributed by atoms with Crippen molar-refractivity contribution in [3.8, 4) is 0 Å². The first-order valence-corrected chi connectivity index (χ1v) is 4.93. The molecule has 0 radical (unpaired) electrons. The minimum atomic E-state index is 0.0471. The molecule has 0 saturated heterocycles. The molecular formula is C10H17N3O2. The number of anilines is 2. The van der Waals surface area contributed by atoms with Crippen LogP contribution in [0.25, 0.3) is 0 Å². The largest absolute Gasteiger partial charge is 0.395 e. The lowest BCUT2D eigenvalue weighted by Gasteiger charge is -2.21. The minimum absolute atomic E-state index is 0.0471. The summed E-state index contributed by atoms with van der Waals surface area (Å²) in [5.41, 5.74) is 0. The molecule has 1 aromatic rings. The summed E-state index contributed by atoms with van der Waals surface area (Å²) >= 11 is 0. The highest BCUT2D eigenvalue weighted by Gasteiger charge is 2.06. The minimum Gasteiger partial charge on any atom is -0.395 e. The van der Waals surface area contributed by atoms with Crippen molar-refractivity contribution in [3.63, 3.8) is 0 Å². The number of nitrogens with one attached hydrogen (secondary N) is 1. The molecule has 0 aliphatic rings. The molecule has 5 heteroatoms. The van der Waals surface area contributed by atoms with E-state index in [2.05, 4.69) is 10.3 Å². The third kappa shape index (κ3) is 3.38. The van der Waals surface area contributed by atoms with Gasteiger partial charge in [0.1, 0.15) is 11.6 Å². The van der Waals surface area contributed by atoms with E-state index in [4.69, 9.17) is 10.2 Å². The fourth-order valence-corrected chi connectivity index (χ4v) is 1.32. The van der Waals surface area contributed by atoms with E-state index in [1.165, 1.54) is 0 Å². The Labute approximate surface area is 89.4 Å². The molecule has 1 heterocycles. The molecular weight excluding hydrogens is 194 g/mol. The van der Waals surface area contributed by atoms with Gasteiger partial charge >= 0.3 is 0 Å². The summed E-state index contributed by atoms with van der Waals surface area (Å²) in [6.07, 6.45) is 0. The van der Waals surface area contributed by atoms with Crippen LogP contribution in [-0.4, -0.2) is 48.5 Å². The second-order valence-electron chi connectivity index (χ2n) is 3.07. The molecule has 15 heavy (non-hydrogen) atoms. The SMILES string of the molecule is CNc1cccc(N(CCO)CCO)n1. The smallest absolute Gasteiger partial charge is 0.131 e. The molecule has 0 amide bonds. The van der Waals surface area contributed by atoms with Crippen molar-refractivity contribution in [1.29, 1.82) is 0 Å². The third-order valence-electron chi connectivity index (χ3n) is 2.05. The average Bonchev–Trinajstić information content (AvgIpc) is 2.29. The fraction of sp³-hybridized carbons (Fsp3) is 0.500. The van der Waals surface area contributed by atoms with E-state index in [-0.39, 0.29) is 13.2 Å². The van der Waals surface area contributed by atoms with Gasteiger partial charge in [-0.05, 0) is 12.1 Å². The summed E-state index contributed by atoms with van der Waals surface area (Å²) in [5.74, 6) is 1.53. The molecule has 0 unspecified atom stereocenters. The number of pyridine rings is 1. The first kappa shape index (κ1) is 11.7. The van der Waals surface area contributed by atoms with E-state index < -0.39 is 0 Å². The second kappa shape index (κ2) is 6.21. The summed E-state index contributed by atoms with van der Waals surface area (Å²) in [6.45, 7) is 1.04. The lowest BCUT2D eigenvalue weighted by atomic mass is 10.4. The molecule has 0 bridgehead atoms. The predicted octanol–water partition coefficient (Wildman–Crippen LogP) is -0.0857. The standard InChI is InChI=1S/C10H17N3O2/c1-11-9-3-2-4-10(12-9)13(5-7-14)6-8-15/h2-4,14-15H,5-8H2,1H3,(H,11,12). The van der Waals surface area contributed by atoms with Crippen molar-refractivity contribution in [2.24, 2.45) is 0 Å². The Balaban J connectivity index is 2.79. The Bertz CT molecular complexity index is 288. The number of nitrogens with zero attached hydrogens (tertiary/aromatic N) is 2. The zero-order chi connectivity index (χ0) is 11.1. The Kier molecular flexibility index (Phi) is 4.86. The molecule has 0 saturated carbocycles. The van der Waals surface area contributed by atoms with Gasteiger partial charge in [-0.3, -0.25) is 0 Å². The van der Waals surface area contributed by atoms with Gasteiger partial charge in [-0.1, -0.05) is 6.07 Å². The highest BCUT2D eigenvalue weighted by molar-refractivity contribution is 5.46. The van der Waals surface area contributed by atoms with Crippen LogP contribution in [0.2, 0.25) is 0 Å². The maximum atomic E-state index is 8.88. The predicted molar refractivity (Wildman–Crippen MR) is 60.2 cm³/mol. The van der Waals surface area contributed by atoms with E-state index >= 15 is 0 Å². The van der Waals surface area contributed by atoms with Gasteiger partial charge in [-0.2, -0.15) is 0 Å². The van der Waals surface area contributed by atoms with E-state index in [0.717, 1.165) is 11.6 Å². The van der Waals surface area contributed by atoms with Gasteiger partial charge in [-0.25, -0.2) is 4.98 Å². The summed E-state index contributed by atoms with van der Waals surface area (Å²) in [6, 6.07) is 5.60. The maximum Gasteiger partial charge on any atom is 0.131 e. The molecule has 0 aromatic carbocycles. The van der Waals surface area contributed by atoms with Crippen LogP contribution in [0.1, 0.15) is 0 Å². The van der Waals surface area contributed by atoms with Crippen LogP contribution in [0.15, 0.2) is 18.2 Å². The van der Waals surface area contributed by atoms with Crippen LogP contribution in [-0.2, 0) is 0 Å². The number of aromatic nitrogens is 1. The van der Waals surface area contributed by atoms with Crippen molar-refractivity contribution in [2.75, 3.05) is 43.6 Å². The maximum absolute atomic E-state index is 8.88. The Hall–Kier alpha value is -1.33. The van der Waals surface area contributed by atoms with Crippen LogP contribution in [0.3, 0.4) is 0 Å². The summed E-state index contributed by atoms with van der Waals surface area (Å²) < 4.78 is 0. The Morgan fingerprint density at radius 2 is 1.93 bits per heavy atom. The molecule has 5 nitrogen and oxygen atoms in total. The van der Waals surface area contributed by atoms with Crippen LogP contribution in [0.4, 0.5) is 11.6 Å².